The first-order chi connectivity index (χ1) is 8.72. The average Bonchev–Trinajstić information content (AvgIpc) is 2.41. The van der Waals surface area contributed by atoms with Crippen molar-refractivity contribution < 1.29 is 13.6 Å². The van der Waals surface area contributed by atoms with Gasteiger partial charge in [-0.3, -0.25) is 4.57 Å². The van der Waals surface area contributed by atoms with Crippen molar-refractivity contribution >= 4 is 7.60 Å². The summed E-state index contributed by atoms with van der Waals surface area (Å²) in [4.78, 5) is 0. The zero-order valence-corrected chi connectivity index (χ0v) is 12.5. The Morgan fingerprint density at radius 2 is 1.22 bits per heavy atom. The molecule has 0 aromatic carbocycles. The van der Waals surface area contributed by atoms with Crippen LogP contribution in [0.25, 0.3) is 0 Å². The molecule has 2 aliphatic rings. The van der Waals surface area contributed by atoms with E-state index in [2.05, 4.69) is 0 Å². The van der Waals surface area contributed by atoms with Gasteiger partial charge in [0.2, 0.25) is 0 Å². The van der Waals surface area contributed by atoms with E-state index in [-0.39, 0.29) is 12.2 Å². The van der Waals surface area contributed by atoms with Gasteiger partial charge < -0.3 is 9.05 Å². The highest BCUT2D eigenvalue weighted by atomic mass is 31.2. The van der Waals surface area contributed by atoms with Crippen molar-refractivity contribution in [3.8, 4) is 0 Å². The molecule has 2 saturated carbocycles. The molecule has 2 aliphatic carbocycles. The molecule has 4 heteroatoms. The van der Waals surface area contributed by atoms with E-state index in [4.69, 9.17) is 9.05 Å². The number of rotatable bonds is 5. The predicted molar refractivity (Wildman–Crippen MR) is 74.1 cm³/mol. The van der Waals surface area contributed by atoms with Gasteiger partial charge in [0, 0.05) is 6.16 Å². The fourth-order valence-electron chi connectivity index (χ4n) is 2.97. The van der Waals surface area contributed by atoms with Gasteiger partial charge in [0.25, 0.3) is 0 Å². The van der Waals surface area contributed by atoms with Crippen LogP contribution in [0.15, 0.2) is 0 Å². The Morgan fingerprint density at radius 3 is 1.56 bits per heavy atom. The summed E-state index contributed by atoms with van der Waals surface area (Å²) in [6.45, 7) is 1.92. The van der Waals surface area contributed by atoms with E-state index in [9.17, 15) is 4.57 Å². The second kappa shape index (κ2) is 7.07. The van der Waals surface area contributed by atoms with Gasteiger partial charge in [0.05, 0.1) is 12.2 Å². The Kier molecular flexibility index (Phi) is 5.72. The summed E-state index contributed by atoms with van der Waals surface area (Å²) in [6, 6.07) is 0. The third-order valence-electron chi connectivity index (χ3n) is 4.11. The smallest absolute Gasteiger partial charge is 0.305 e. The van der Waals surface area contributed by atoms with Crippen LogP contribution in [0.2, 0.25) is 0 Å². The molecule has 0 aromatic heterocycles. The van der Waals surface area contributed by atoms with E-state index in [0.29, 0.717) is 6.16 Å². The lowest BCUT2D eigenvalue weighted by atomic mass is 9.98. The quantitative estimate of drug-likeness (QED) is 0.669. The van der Waals surface area contributed by atoms with Crippen LogP contribution in [0.1, 0.15) is 71.1 Å². The summed E-state index contributed by atoms with van der Waals surface area (Å²) >= 11 is 0. The molecule has 18 heavy (non-hydrogen) atoms. The second-order valence-electron chi connectivity index (χ2n) is 5.66. The molecule has 0 atom stereocenters. The summed E-state index contributed by atoms with van der Waals surface area (Å²) in [5.74, 6) is 0. The minimum atomic E-state index is -2.84. The standard InChI is InChI=1S/C14H27O3P/c1-2-18(15,16-13-9-5-3-6-10-13)17-14-11-7-4-8-12-14/h13-14H,2-12H2,1H3. The van der Waals surface area contributed by atoms with E-state index < -0.39 is 7.60 Å². The van der Waals surface area contributed by atoms with Crippen molar-refractivity contribution in [3.63, 3.8) is 0 Å². The van der Waals surface area contributed by atoms with Crippen LogP contribution in [0, 0.1) is 0 Å². The molecule has 106 valence electrons. The van der Waals surface area contributed by atoms with Gasteiger partial charge in [0.1, 0.15) is 0 Å². The van der Waals surface area contributed by atoms with Crippen LogP contribution in [0.3, 0.4) is 0 Å². The fraction of sp³-hybridized carbons (Fsp3) is 1.00. The first-order valence-corrected chi connectivity index (χ1v) is 9.40. The van der Waals surface area contributed by atoms with Crippen molar-refractivity contribution in [2.45, 2.75) is 83.3 Å². The van der Waals surface area contributed by atoms with E-state index in [1.54, 1.807) is 0 Å². The molecular formula is C14H27O3P. The van der Waals surface area contributed by atoms with Crippen molar-refractivity contribution in [2.75, 3.05) is 6.16 Å². The van der Waals surface area contributed by atoms with Gasteiger partial charge in [-0.15, -0.1) is 0 Å². The van der Waals surface area contributed by atoms with Gasteiger partial charge in [-0.1, -0.05) is 45.4 Å². The van der Waals surface area contributed by atoms with Crippen LogP contribution >= 0.6 is 7.60 Å². The molecule has 2 rings (SSSR count). The Bertz CT molecular complexity index is 257. The first-order valence-electron chi connectivity index (χ1n) is 7.68. The lowest BCUT2D eigenvalue weighted by Gasteiger charge is -2.30. The molecule has 0 amide bonds. The normalized spacial score (nSPS) is 24.3. The summed E-state index contributed by atoms with van der Waals surface area (Å²) in [6.07, 6.45) is 12.5. The molecule has 0 spiro atoms. The van der Waals surface area contributed by atoms with E-state index in [1.165, 1.54) is 38.5 Å². The monoisotopic (exact) mass is 274 g/mol. The van der Waals surface area contributed by atoms with Gasteiger partial charge >= 0.3 is 7.60 Å². The van der Waals surface area contributed by atoms with Crippen LogP contribution < -0.4 is 0 Å². The molecule has 2 fully saturated rings. The van der Waals surface area contributed by atoms with Crippen LogP contribution in [-0.4, -0.2) is 18.4 Å². The molecule has 0 N–H and O–H groups in total. The minimum absolute atomic E-state index is 0.174. The van der Waals surface area contributed by atoms with Crippen molar-refractivity contribution in [1.29, 1.82) is 0 Å². The van der Waals surface area contributed by atoms with Gasteiger partial charge in [-0.25, -0.2) is 0 Å². The van der Waals surface area contributed by atoms with Crippen molar-refractivity contribution in [1.82, 2.24) is 0 Å². The van der Waals surface area contributed by atoms with Gasteiger partial charge in [0.15, 0.2) is 0 Å². The Balaban J connectivity index is 1.85. The topological polar surface area (TPSA) is 35.5 Å². The largest absolute Gasteiger partial charge is 0.330 e. The maximum absolute atomic E-state index is 12.7. The third-order valence-corrected chi connectivity index (χ3v) is 6.12. The highest BCUT2D eigenvalue weighted by Crippen LogP contribution is 2.52. The molecule has 0 aliphatic heterocycles. The molecule has 0 saturated heterocycles. The highest BCUT2D eigenvalue weighted by Gasteiger charge is 2.31. The van der Waals surface area contributed by atoms with E-state index >= 15 is 0 Å². The van der Waals surface area contributed by atoms with Crippen molar-refractivity contribution in [2.24, 2.45) is 0 Å². The SMILES string of the molecule is CCP(=O)(OC1CCCCC1)OC1CCCCC1. The van der Waals surface area contributed by atoms with Crippen LogP contribution in [0.5, 0.6) is 0 Å². The lowest BCUT2D eigenvalue weighted by Crippen LogP contribution is -2.21. The highest BCUT2D eigenvalue weighted by molar-refractivity contribution is 7.53. The summed E-state index contributed by atoms with van der Waals surface area (Å²) in [5.41, 5.74) is 0. The summed E-state index contributed by atoms with van der Waals surface area (Å²) in [5, 5.41) is 0. The summed E-state index contributed by atoms with van der Waals surface area (Å²) < 4.78 is 24.4. The molecule has 0 unspecified atom stereocenters. The molecule has 0 radical (unpaired) electrons. The average molecular weight is 274 g/mol. The second-order valence-corrected chi connectivity index (χ2v) is 7.93. The summed E-state index contributed by atoms with van der Waals surface area (Å²) in [7, 11) is -2.84. The van der Waals surface area contributed by atoms with Crippen LogP contribution in [0.4, 0.5) is 0 Å². The third kappa shape index (κ3) is 4.36. The van der Waals surface area contributed by atoms with Crippen LogP contribution in [-0.2, 0) is 13.6 Å². The number of hydrogen-bond donors (Lipinski definition) is 0. The predicted octanol–water partition coefficient (Wildman–Crippen LogP) is 4.90. The zero-order valence-electron chi connectivity index (χ0n) is 11.6. The molecule has 3 nitrogen and oxygen atoms in total. The number of hydrogen-bond acceptors (Lipinski definition) is 3. The Labute approximate surface area is 111 Å². The zero-order chi connectivity index (χ0) is 12.8. The maximum atomic E-state index is 12.7. The Morgan fingerprint density at radius 1 is 0.833 bits per heavy atom. The first kappa shape index (κ1) is 14.6. The fourth-order valence-corrected chi connectivity index (χ4v) is 4.65. The van der Waals surface area contributed by atoms with Gasteiger partial charge in [-0.2, -0.15) is 0 Å². The molecule has 0 heterocycles. The Hall–Kier alpha value is 0.150. The van der Waals surface area contributed by atoms with Gasteiger partial charge in [-0.05, 0) is 25.7 Å². The van der Waals surface area contributed by atoms with E-state index in [0.717, 1.165) is 25.7 Å². The molecular weight excluding hydrogens is 247 g/mol. The molecule has 0 bridgehead atoms. The van der Waals surface area contributed by atoms with E-state index in [1.807, 2.05) is 6.92 Å². The maximum Gasteiger partial charge on any atom is 0.330 e. The minimum Gasteiger partial charge on any atom is -0.305 e. The van der Waals surface area contributed by atoms with Crippen molar-refractivity contribution in [3.05, 3.63) is 0 Å². The molecule has 0 aromatic rings. The lowest BCUT2D eigenvalue weighted by molar-refractivity contribution is 0.0796.